The smallest absolute Gasteiger partial charge is 0.346 e. The molecule has 2 aromatic carbocycles. The highest BCUT2D eigenvalue weighted by atomic mass is 32.1. The lowest BCUT2D eigenvalue weighted by atomic mass is 10.1. The van der Waals surface area contributed by atoms with Crippen LogP contribution in [0.4, 0.5) is 5.69 Å². The van der Waals surface area contributed by atoms with Crippen LogP contribution in [0.25, 0.3) is 10.1 Å². The maximum Gasteiger partial charge on any atom is 0.346 e. The van der Waals surface area contributed by atoms with Crippen LogP contribution in [0, 0.1) is 0 Å². The van der Waals surface area contributed by atoms with Gasteiger partial charge in [-0.25, -0.2) is 10.3 Å². The molecule has 8 heteroatoms. The van der Waals surface area contributed by atoms with Crippen LogP contribution in [0.3, 0.4) is 0 Å². The predicted molar refractivity (Wildman–Crippen MR) is 96.8 cm³/mol. The van der Waals surface area contributed by atoms with Crippen LogP contribution in [0.15, 0.2) is 48.5 Å². The molecule has 3 aromatic rings. The maximum atomic E-state index is 12.2. The molecule has 26 heavy (non-hydrogen) atoms. The van der Waals surface area contributed by atoms with Crippen molar-refractivity contribution in [2.45, 2.75) is 6.42 Å². The Kier molecular flexibility index (Phi) is 4.97. The van der Waals surface area contributed by atoms with Gasteiger partial charge < -0.3 is 10.4 Å². The average Bonchev–Trinajstić information content (AvgIpc) is 3.01. The first kappa shape index (κ1) is 17.6. The Labute approximate surface area is 151 Å². The van der Waals surface area contributed by atoms with Crippen molar-refractivity contribution >= 4 is 44.9 Å². The largest absolute Gasteiger partial charge is 0.477 e. The van der Waals surface area contributed by atoms with Gasteiger partial charge in [-0.2, -0.15) is 0 Å². The van der Waals surface area contributed by atoms with Gasteiger partial charge in [0.25, 0.3) is 5.91 Å². The zero-order chi connectivity index (χ0) is 18.7. The van der Waals surface area contributed by atoms with E-state index in [0.717, 1.165) is 16.9 Å². The van der Waals surface area contributed by atoms with E-state index in [-0.39, 0.29) is 22.8 Å². The maximum absolute atomic E-state index is 12.2. The summed E-state index contributed by atoms with van der Waals surface area (Å²) in [6.45, 7) is 0. The fourth-order valence-corrected chi connectivity index (χ4v) is 3.61. The fraction of sp³-hybridized carbons (Fsp3) is 0.0556. The Morgan fingerprint density at radius 2 is 1.77 bits per heavy atom. The number of carbonyl (C=O) groups is 3. The number of carbonyl (C=O) groups excluding carboxylic acids is 2. The number of anilines is 1. The van der Waals surface area contributed by atoms with Crippen LogP contribution in [-0.4, -0.2) is 28.1 Å². The Morgan fingerprint density at radius 3 is 2.42 bits per heavy atom. The minimum Gasteiger partial charge on any atom is -0.477 e. The summed E-state index contributed by atoms with van der Waals surface area (Å²) in [5.74, 6) is -2.42. The van der Waals surface area contributed by atoms with E-state index < -0.39 is 11.9 Å². The Hall–Kier alpha value is -3.23. The van der Waals surface area contributed by atoms with Gasteiger partial charge in [0.15, 0.2) is 0 Å². The number of aromatic carboxylic acids is 1. The van der Waals surface area contributed by atoms with Crippen molar-refractivity contribution in [3.8, 4) is 0 Å². The van der Waals surface area contributed by atoms with Crippen molar-refractivity contribution in [3.63, 3.8) is 0 Å². The molecule has 0 saturated carbocycles. The number of hydrogen-bond donors (Lipinski definition) is 4. The Morgan fingerprint density at radius 1 is 1.04 bits per heavy atom. The van der Waals surface area contributed by atoms with Crippen LogP contribution >= 0.6 is 11.3 Å². The molecule has 4 N–H and O–H groups in total. The van der Waals surface area contributed by atoms with Crippen LogP contribution in [-0.2, 0) is 11.2 Å². The van der Waals surface area contributed by atoms with E-state index in [1.165, 1.54) is 11.5 Å². The summed E-state index contributed by atoms with van der Waals surface area (Å²) in [6, 6.07) is 14.0. The second-order valence-corrected chi connectivity index (χ2v) is 6.53. The molecule has 0 fully saturated rings. The minimum atomic E-state index is -1.26. The topological polar surface area (TPSA) is 116 Å². The number of carboxylic acid groups (broad SMARTS) is 1. The molecule has 0 spiro atoms. The van der Waals surface area contributed by atoms with E-state index in [0.29, 0.717) is 15.8 Å². The molecule has 0 radical (unpaired) electrons. The van der Waals surface area contributed by atoms with Crippen LogP contribution in [0.5, 0.6) is 0 Å². The molecular formula is C18H14N2O5S. The number of thiophene rings is 1. The first-order valence-electron chi connectivity index (χ1n) is 7.57. The zero-order valence-electron chi connectivity index (χ0n) is 13.4. The summed E-state index contributed by atoms with van der Waals surface area (Å²) in [4.78, 5) is 35.2. The van der Waals surface area contributed by atoms with Gasteiger partial charge in [-0.05, 0) is 23.8 Å². The molecule has 0 aliphatic heterocycles. The Balaban J connectivity index is 1.92. The molecule has 3 rings (SSSR count). The van der Waals surface area contributed by atoms with Crippen molar-refractivity contribution < 1.29 is 24.7 Å². The van der Waals surface area contributed by atoms with E-state index in [1.807, 2.05) is 30.3 Å². The van der Waals surface area contributed by atoms with Gasteiger partial charge in [0.05, 0.1) is 12.0 Å². The van der Waals surface area contributed by atoms with E-state index in [9.17, 15) is 19.5 Å². The molecule has 0 aliphatic rings. The summed E-state index contributed by atoms with van der Waals surface area (Å²) in [6.07, 6.45) is 0.187. The van der Waals surface area contributed by atoms with E-state index in [2.05, 4.69) is 5.32 Å². The molecule has 0 saturated heterocycles. The Bertz CT molecular complexity index is 997. The second-order valence-electron chi connectivity index (χ2n) is 5.47. The van der Waals surface area contributed by atoms with Crippen LogP contribution < -0.4 is 10.8 Å². The molecule has 0 atom stereocenters. The van der Waals surface area contributed by atoms with Crippen molar-refractivity contribution in [1.29, 1.82) is 0 Å². The van der Waals surface area contributed by atoms with Gasteiger partial charge in [0.1, 0.15) is 4.88 Å². The molecule has 7 nitrogen and oxygen atoms in total. The summed E-state index contributed by atoms with van der Waals surface area (Å²) in [5, 5.41) is 21.2. The monoisotopic (exact) mass is 370 g/mol. The molecule has 132 valence electrons. The first-order chi connectivity index (χ1) is 12.5. The minimum absolute atomic E-state index is 0.140. The number of fused-ring (bicyclic) bond motifs is 1. The lowest BCUT2D eigenvalue weighted by Crippen LogP contribution is -2.20. The van der Waals surface area contributed by atoms with Gasteiger partial charge in [-0.15, -0.1) is 11.3 Å². The molecule has 2 amide bonds. The van der Waals surface area contributed by atoms with Crippen molar-refractivity contribution in [3.05, 3.63) is 64.5 Å². The number of rotatable bonds is 5. The lowest BCUT2D eigenvalue weighted by Gasteiger charge is -2.06. The van der Waals surface area contributed by atoms with Gasteiger partial charge >= 0.3 is 5.97 Å². The summed E-state index contributed by atoms with van der Waals surface area (Å²) in [7, 11) is 0. The van der Waals surface area contributed by atoms with Crippen LogP contribution in [0.1, 0.15) is 25.6 Å². The van der Waals surface area contributed by atoms with E-state index in [4.69, 9.17) is 5.21 Å². The second kappa shape index (κ2) is 7.34. The highest BCUT2D eigenvalue weighted by molar-refractivity contribution is 7.21. The zero-order valence-corrected chi connectivity index (χ0v) is 14.2. The van der Waals surface area contributed by atoms with Crippen molar-refractivity contribution in [2.75, 3.05) is 5.32 Å². The number of nitrogens with one attached hydrogen (secondary N) is 2. The van der Waals surface area contributed by atoms with Crippen molar-refractivity contribution in [1.82, 2.24) is 5.48 Å². The van der Waals surface area contributed by atoms with Gasteiger partial charge in [-0.3, -0.25) is 14.8 Å². The van der Waals surface area contributed by atoms with Crippen molar-refractivity contribution in [2.24, 2.45) is 0 Å². The highest BCUT2D eigenvalue weighted by Crippen LogP contribution is 2.33. The third kappa shape index (κ3) is 3.56. The number of hydroxylamine groups is 1. The third-order valence-electron chi connectivity index (χ3n) is 3.70. The third-order valence-corrected chi connectivity index (χ3v) is 4.86. The molecule has 0 unspecified atom stereocenters. The standard InChI is InChI=1S/C18H14N2O5S/c21-14(8-10-4-2-1-3-5-10)19-11-6-7-13-12(9-11)15(17(22)20-25)16(26-13)18(23)24/h1-7,9,25H,8H2,(H,19,21)(H,20,22)(H,23,24). The summed E-state index contributed by atoms with van der Waals surface area (Å²) < 4.78 is 0.557. The van der Waals surface area contributed by atoms with E-state index in [1.54, 1.807) is 12.1 Å². The summed E-state index contributed by atoms with van der Waals surface area (Å²) >= 11 is 0.922. The SMILES string of the molecule is O=C(Cc1ccccc1)Nc1ccc2sc(C(=O)O)c(C(=O)NO)c2c1. The molecule has 1 aromatic heterocycles. The quantitative estimate of drug-likeness (QED) is 0.407. The van der Waals surface area contributed by atoms with E-state index >= 15 is 0 Å². The first-order valence-corrected chi connectivity index (χ1v) is 8.39. The normalized spacial score (nSPS) is 10.5. The number of hydrogen-bond acceptors (Lipinski definition) is 5. The number of amides is 2. The average molecular weight is 370 g/mol. The molecular weight excluding hydrogens is 356 g/mol. The fourth-order valence-electron chi connectivity index (χ4n) is 2.59. The number of carboxylic acids is 1. The lowest BCUT2D eigenvalue weighted by molar-refractivity contribution is -0.115. The predicted octanol–water partition coefficient (Wildman–Crippen LogP) is 2.90. The van der Waals surface area contributed by atoms with Gasteiger partial charge in [-0.1, -0.05) is 30.3 Å². The molecule has 0 bridgehead atoms. The van der Waals surface area contributed by atoms with Gasteiger partial charge in [0.2, 0.25) is 5.91 Å². The molecule has 0 aliphatic carbocycles. The van der Waals surface area contributed by atoms with Crippen LogP contribution in [0.2, 0.25) is 0 Å². The molecule has 1 heterocycles. The van der Waals surface area contributed by atoms with Gasteiger partial charge in [0, 0.05) is 15.8 Å². The summed E-state index contributed by atoms with van der Waals surface area (Å²) in [5.41, 5.74) is 2.61. The number of benzene rings is 2. The highest BCUT2D eigenvalue weighted by Gasteiger charge is 2.23.